The summed E-state index contributed by atoms with van der Waals surface area (Å²) < 4.78 is 0.808. The zero-order valence-electron chi connectivity index (χ0n) is 11.4. The highest BCUT2D eigenvalue weighted by atomic mass is 79.9. The number of benzene rings is 1. The average Bonchev–Trinajstić information content (AvgIpc) is 2.42. The summed E-state index contributed by atoms with van der Waals surface area (Å²) in [5.41, 5.74) is 7.84. The van der Waals surface area contributed by atoms with E-state index >= 15 is 0 Å². The zero-order chi connectivity index (χ0) is 14.0. The van der Waals surface area contributed by atoms with E-state index in [1.165, 1.54) is 5.56 Å². The van der Waals surface area contributed by atoms with Gasteiger partial charge in [0.05, 0.1) is 10.2 Å². The monoisotopic (exact) mass is 319 g/mol. The molecule has 100 valence electrons. The van der Waals surface area contributed by atoms with Crippen molar-refractivity contribution in [3.63, 3.8) is 0 Å². The second-order valence-corrected chi connectivity index (χ2v) is 5.83. The van der Waals surface area contributed by atoms with Crippen LogP contribution in [0.1, 0.15) is 37.9 Å². The molecule has 4 heteroatoms. The van der Waals surface area contributed by atoms with Crippen molar-refractivity contribution < 1.29 is 0 Å². The Morgan fingerprint density at radius 3 is 2.37 bits per heavy atom. The molecule has 0 atom stereocenters. The number of anilines is 1. The largest absolute Gasteiger partial charge is 0.383 e. The van der Waals surface area contributed by atoms with Crippen molar-refractivity contribution in [1.29, 1.82) is 0 Å². The van der Waals surface area contributed by atoms with Crippen LogP contribution in [-0.2, 0) is 11.8 Å². The molecule has 0 fully saturated rings. The zero-order valence-corrected chi connectivity index (χ0v) is 13.0. The van der Waals surface area contributed by atoms with Gasteiger partial charge in [-0.3, -0.25) is 0 Å². The third-order valence-electron chi connectivity index (χ3n) is 3.33. The molecule has 0 saturated carbocycles. The second kappa shape index (κ2) is 5.29. The van der Waals surface area contributed by atoms with Gasteiger partial charge in [0.1, 0.15) is 11.6 Å². The van der Waals surface area contributed by atoms with Crippen molar-refractivity contribution in [2.45, 2.75) is 32.6 Å². The highest BCUT2D eigenvalue weighted by Crippen LogP contribution is 2.31. The molecule has 2 aromatic rings. The van der Waals surface area contributed by atoms with Crippen LogP contribution in [-0.4, -0.2) is 9.97 Å². The number of nitrogen functional groups attached to an aromatic ring is 1. The minimum absolute atomic E-state index is 0.264. The van der Waals surface area contributed by atoms with Crippen LogP contribution in [0, 0.1) is 0 Å². The summed E-state index contributed by atoms with van der Waals surface area (Å²) in [6.07, 6.45) is 0.825. The minimum Gasteiger partial charge on any atom is -0.383 e. The molecule has 2 rings (SSSR count). The Morgan fingerprint density at radius 1 is 1.16 bits per heavy atom. The molecule has 0 aliphatic heterocycles. The van der Waals surface area contributed by atoms with Gasteiger partial charge in [0.25, 0.3) is 0 Å². The summed E-state index contributed by atoms with van der Waals surface area (Å²) in [5, 5.41) is 0. The van der Waals surface area contributed by atoms with Gasteiger partial charge in [-0.05, 0) is 41.8 Å². The molecule has 1 aromatic carbocycles. The lowest BCUT2D eigenvalue weighted by Crippen LogP contribution is -2.24. The first-order valence-corrected chi connectivity index (χ1v) is 7.14. The van der Waals surface area contributed by atoms with Crippen molar-refractivity contribution in [2.24, 2.45) is 0 Å². The van der Waals surface area contributed by atoms with Crippen LogP contribution in [0.15, 0.2) is 34.8 Å². The molecule has 0 spiro atoms. The van der Waals surface area contributed by atoms with Crippen LogP contribution in [0.4, 0.5) is 5.82 Å². The molecule has 0 bridgehead atoms. The normalized spacial score (nSPS) is 11.6. The van der Waals surface area contributed by atoms with Crippen LogP contribution >= 0.6 is 15.9 Å². The standard InChI is InChI=1S/C15H18BrN3/c1-4-11-12(16)13(17)19-14(18-11)15(2,3)10-8-6-5-7-9-10/h5-9H,4H2,1-3H3,(H2,17,18,19). The van der Waals surface area contributed by atoms with Gasteiger partial charge in [-0.2, -0.15) is 0 Å². The van der Waals surface area contributed by atoms with Gasteiger partial charge in [-0.15, -0.1) is 0 Å². The van der Waals surface area contributed by atoms with Crippen molar-refractivity contribution in [1.82, 2.24) is 9.97 Å². The number of rotatable bonds is 3. The third-order valence-corrected chi connectivity index (χ3v) is 4.20. The summed E-state index contributed by atoms with van der Waals surface area (Å²) >= 11 is 3.45. The van der Waals surface area contributed by atoms with E-state index in [0.717, 1.165) is 22.4 Å². The van der Waals surface area contributed by atoms with Crippen LogP contribution in [0.2, 0.25) is 0 Å². The summed E-state index contributed by atoms with van der Waals surface area (Å²) in [5.74, 6) is 1.27. The summed E-state index contributed by atoms with van der Waals surface area (Å²) in [6.45, 7) is 6.29. The molecule has 19 heavy (non-hydrogen) atoms. The molecule has 0 saturated heterocycles. The molecule has 0 aliphatic carbocycles. The van der Waals surface area contributed by atoms with E-state index in [4.69, 9.17) is 5.73 Å². The quantitative estimate of drug-likeness (QED) is 0.938. The Morgan fingerprint density at radius 2 is 1.79 bits per heavy atom. The Bertz CT molecular complexity index is 579. The Labute approximate surface area is 122 Å². The number of nitrogens with zero attached hydrogens (tertiary/aromatic N) is 2. The minimum atomic E-state index is -0.264. The fraction of sp³-hybridized carbons (Fsp3) is 0.333. The van der Waals surface area contributed by atoms with Crippen LogP contribution in [0.5, 0.6) is 0 Å². The van der Waals surface area contributed by atoms with E-state index in [-0.39, 0.29) is 5.41 Å². The van der Waals surface area contributed by atoms with Gasteiger partial charge >= 0.3 is 0 Å². The average molecular weight is 320 g/mol. The lowest BCUT2D eigenvalue weighted by atomic mass is 9.83. The van der Waals surface area contributed by atoms with Crippen LogP contribution in [0.25, 0.3) is 0 Å². The van der Waals surface area contributed by atoms with E-state index in [9.17, 15) is 0 Å². The van der Waals surface area contributed by atoms with Gasteiger partial charge in [0, 0.05) is 5.41 Å². The van der Waals surface area contributed by atoms with Gasteiger partial charge in [0.2, 0.25) is 0 Å². The Hall–Kier alpha value is -1.42. The number of hydrogen-bond donors (Lipinski definition) is 1. The molecule has 0 aliphatic rings. The van der Waals surface area contributed by atoms with Crippen LogP contribution < -0.4 is 5.73 Å². The first kappa shape index (κ1) is 14.0. The first-order chi connectivity index (χ1) is 8.96. The summed E-state index contributed by atoms with van der Waals surface area (Å²) in [4.78, 5) is 9.11. The molecule has 0 radical (unpaired) electrons. The first-order valence-electron chi connectivity index (χ1n) is 6.34. The number of aromatic nitrogens is 2. The van der Waals surface area contributed by atoms with E-state index in [0.29, 0.717) is 5.82 Å². The van der Waals surface area contributed by atoms with Crippen molar-refractivity contribution in [2.75, 3.05) is 5.73 Å². The predicted molar refractivity (Wildman–Crippen MR) is 82.1 cm³/mol. The molecular weight excluding hydrogens is 302 g/mol. The Balaban J connectivity index is 2.55. The maximum Gasteiger partial charge on any atom is 0.141 e. The number of nitrogens with two attached hydrogens (primary N) is 1. The number of halogens is 1. The van der Waals surface area contributed by atoms with E-state index in [1.807, 2.05) is 18.2 Å². The molecule has 0 unspecified atom stereocenters. The highest BCUT2D eigenvalue weighted by Gasteiger charge is 2.27. The lowest BCUT2D eigenvalue weighted by Gasteiger charge is -2.24. The molecule has 3 nitrogen and oxygen atoms in total. The molecule has 1 aromatic heterocycles. The molecule has 0 amide bonds. The topological polar surface area (TPSA) is 51.8 Å². The van der Waals surface area contributed by atoms with Crippen molar-refractivity contribution >= 4 is 21.7 Å². The maximum atomic E-state index is 5.97. The van der Waals surface area contributed by atoms with Gasteiger partial charge in [-0.25, -0.2) is 9.97 Å². The van der Waals surface area contributed by atoms with E-state index < -0.39 is 0 Å². The molecule has 1 heterocycles. The van der Waals surface area contributed by atoms with Crippen LogP contribution in [0.3, 0.4) is 0 Å². The number of hydrogen-bond acceptors (Lipinski definition) is 3. The van der Waals surface area contributed by atoms with Gasteiger partial charge in [-0.1, -0.05) is 37.3 Å². The lowest BCUT2D eigenvalue weighted by molar-refractivity contribution is 0.586. The van der Waals surface area contributed by atoms with Gasteiger partial charge in [0.15, 0.2) is 0 Å². The summed E-state index contributed by atoms with van der Waals surface area (Å²) in [6, 6.07) is 10.2. The Kier molecular flexibility index (Phi) is 3.90. The summed E-state index contributed by atoms with van der Waals surface area (Å²) in [7, 11) is 0. The fourth-order valence-corrected chi connectivity index (χ4v) is 2.47. The maximum absolute atomic E-state index is 5.97. The van der Waals surface area contributed by atoms with Crippen molar-refractivity contribution in [3.05, 3.63) is 51.9 Å². The predicted octanol–water partition coefficient (Wildman–Crippen LogP) is 3.71. The fourth-order valence-electron chi connectivity index (χ4n) is 2.01. The van der Waals surface area contributed by atoms with Gasteiger partial charge < -0.3 is 5.73 Å². The third kappa shape index (κ3) is 2.63. The number of aryl methyl sites for hydroxylation is 1. The van der Waals surface area contributed by atoms with E-state index in [2.05, 4.69) is 58.8 Å². The highest BCUT2D eigenvalue weighted by molar-refractivity contribution is 9.10. The molecule has 2 N–H and O–H groups in total. The van der Waals surface area contributed by atoms with Crippen molar-refractivity contribution in [3.8, 4) is 0 Å². The SMILES string of the molecule is CCc1nc(C(C)(C)c2ccccc2)nc(N)c1Br. The molecular formula is C15H18BrN3. The van der Waals surface area contributed by atoms with E-state index in [1.54, 1.807) is 0 Å². The second-order valence-electron chi connectivity index (χ2n) is 5.04. The smallest absolute Gasteiger partial charge is 0.141 e.